The van der Waals surface area contributed by atoms with Crippen molar-refractivity contribution in [2.24, 2.45) is 0 Å². The largest absolute Gasteiger partial charge is 0.497 e. The van der Waals surface area contributed by atoms with Gasteiger partial charge in [0.2, 0.25) is 5.91 Å². The molecule has 0 aliphatic carbocycles. The molecule has 1 atom stereocenters. The second-order valence-electron chi connectivity index (χ2n) is 7.96. The van der Waals surface area contributed by atoms with Gasteiger partial charge in [0.05, 0.1) is 26.4 Å². The summed E-state index contributed by atoms with van der Waals surface area (Å²) in [4.78, 5) is 27.3. The molecule has 2 aromatic carbocycles. The van der Waals surface area contributed by atoms with Gasteiger partial charge in [0, 0.05) is 38.0 Å². The number of hydrogen-bond acceptors (Lipinski definition) is 5. The van der Waals surface area contributed by atoms with Crippen molar-refractivity contribution >= 4 is 11.7 Å². The van der Waals surface area contributed by atoms with Crippen LogP contribution < -0.4 is 10.1 Å². The summed E-state index contributed by atoms with van der Waals surface area (Å²) < 4.78 is 10.7. The molecule has 1 aliphatic heterocycles. The Morgan fingerprint density at radius 1 is 1.03 bits per heavy atom. The van der Waals surface area contributed by atoms with Crippen molar-refractivity contribution in [3.63, 3.8) is 0 Å². The number of rotatable bonds is 9. The number of carbonyl (C=O) groups is 2. The molecule has 1 fully saturated rings. The molecular weight excluding hydrogens is 392 g/mol. The molecule has 1 unspecified atom stereocenters. The minimum atomic E-state index is -0.107. The zero-order valence-electron chi connectivity index (χ0n) is 18.6. The summed E-state index contributed by atoms with van der Waals surface area (Å²) in [6.45, 7) is 7.50. The van der Waals surface area contributed by atoms with E-state index in [0.717, 1.165) is 35.5 Å². The monoisotopic (exact) mass is 424 g/mol. The van der Waals surface area contributed by atoms with Gasteiger partial charge in [-0.25, -0.2) is 0 Å². The third-order valence-corrected chi connectivity index (χ3v) is 5.89. The van der Waals surface area contributed by atoms with Crippen molar-refractivity contribution in [1.82, 2.24) is 10.2 Å². The summed E-state index contributed by atoms with van der Waals surface area (Å²) in [5.74, 6) is 0.695. The maximum Gasteiger partial charge on any atom is 0.220 e. The summed E-state index contributed by atoms with van der Waals surface area (Å²) in [5, 5.41) is 3.03. The van der Waals surface area contributed by atoms with Gasteiger partial charge in [-0.1, -0.05) is 24.3 Å². The van der Waals surface area contributed by atoms with Crippen LogP contribution in [0.5, 0.6) is 5.75 Å². The van der Waals surface area contributed by atoms with Gasteiger partial charge in [0.15, 0.2) is 5.78 Å². The SMILES string of the molecule is COc1ccc(C(CNC(=O)CCC(=O)c2ccc(C)c(C)c2)N2CCOCC2)cc1. The average Bonchev–Trinajstić information content (AvgIpc) is 2.80. The van der Waals surface area contributed by atoms with Gasteiger partial charge in [0.1, 0.15) is 5.75 Å². The molecule has 31 heavy (non-hydrogen) atoms. The number of aryl methyl sites for hydroxylation is 2. The topological polar surface area (TPSA) is 67.9 Å². The fourth-order valence-corrected chi connectivity index (χ4v) is 3.76. The third kappa shape index (κ3) is 6.39. The fraction of sp³-hybridized carbons (Fsp3) is 0.440. The Bertz CT molecular complexity index is 889. The van der Waals surface area contributed by atoms with Gasteiger partial charge in [-0.15, -0.1) is 0 Å². The number of morpholine rings is 1. The predicted molar refractivity (Wildman–Crippen MR) is 121 cm³/mol. The first kappa shape index (κ1) is 23.0. The number of Topliss-reactive ketones (excluding diaryl/α,β-unsaturated/α-hetero) is 1. The van der Waals surface area contributed by atoms with Crippen molar-refractivity contribution in [3.8, 4) is 5.75 Å². The van der Waals surface area contributed by atoms with Crippen LogP contribution >= 0.6 is 0 Å². The van der Waals surface area contributed by atoms with E-state index < -0.39 is 0 Å². The summed E-state index contributed by atoms with van der Waals surface area (Å²) in [6.07, 6.45) is 0.392. The van der Waals surface area contributed by atoms with Crippen molar-refractivity contribution in [3.05, 3.63) is 64.7 Å². The zero-order chi connectivity index (χ0) is 22.2. The molecule has 2 aromatic rings. The Labute approximate surface area is 184 Å². The summed E-state index contributed by atoms with van der Waals surface area (Å²) in [6, 6.07) is 13.7. The van der Waals surface area contributed by atoms with Crippen LogP contribution in [-0.2, 0) is 9.53 Å². The molecule has 6 nitrogen and oxygen atoms in total. The van der Waals surface area contributed by atoms with Crippen LogP contribution in [0.2, 0.25) is 0 Å². The van der Waals surface area contributed by atoms with Crippen molar-refractivity contribution in [2.45, 2.75) is 32.7 Å². The van der Waals surface area contributed by atoms with Crippen molar-refractivity contribution in [2.75, 3.05) is 40.0 Å². The minimum absolute atomic E-state index is 0.00173. The first-order chi connectivity index (χ1) is 15.0. The van der Waals surface area contributed by atoms with Gasteiger partial charge in [-0.2, -0.15) is 0 Å². The Morgan fingerprint density at radius 2 is 1.74 bits per heavy atom. The van der Waals surface area contributed by atoms with Crippen molar-refractivity contribution < 1.29 is 19.1 Å². The van der Waals surface area contributed by atoms with Crippen LogP contribution in [0.15, 0.2) is 42.5 Å². The number of amides is 1. The Kier molecular flexibility index (Phi) is 8.20. The van der Waals surface area contributed by atoms with Crippen LogP contribution in [0.3, 0.4) is 0 Å². The Hall–Kier alpha value is -2.70. The highest BCUT2D eigenvalue weighted by Crippen LogP contribution is 2.24. The molecule has 166 valence electrons. The summed E-state index contributed by atoms with van der Waals surface area (Å²) in [7, 11) is 1.65. The molecule has 1 heterocycles. The molecule has 0 aromatic heterocycles. The summed E-state index contributed by atoms with van der Waals surface area (Å²) >= 11 is 0. The lowest BCUT2D eigenvalue weighted by atomic mass is 10.0. The molecule has 0 saturated carbocycles. The van der Waals surface area contributed by atoms with E-state index in [1.54, 1.807) is 7.11 Å². The number of nitrogens with one attached hydrogen (secondary N) is 1. The first-order valence-corrected chi connectivity index (χ1v) is 10.8. The number of methoxy groups -OCH3 is 1. The molecule has 1 saturated heterocycles. The fourth-order valence-electron chi connectivity index (χ4n) is 3.76. The molecule has 0 spiro atoms. The molecule has 1 aliphatic rings. The van der Waals surface area contributed by atoms with E-state index in [4.69, 9.17) is 9.47 Å². The lowest BCUT2D eigenvalue weighted by molar-refractivity contribution is -0.121. The van der Waals surface area contributed by atoms with Gasteiger partial charge < -0.3 is 14.8 Å². The minimum Gasteiger partial charge on any atom is -0.497 e. The number of nitrogens with zero attached hydrogens (tertiary/aromatic N) is 1. The average molecular weight is 425 g/mol. The molecule has 1 N–H and O–H groups in total. The maximum atomic E-state index is 12.5. The standard InChI is InChI=1S/C25H32N2O4/c1-18-4-5-21(16-19(18)2)24(28)10-11-25(29)26-17-23(27-12-14-31-15-13-27)20-6-8-22(30-3)9-7-20/h4-9,16,23H,10-15,17H2,1-3H3,(H,26,29). The second kappa shape index (κ2) is 11.1. The number of hydrogen-bond donors (Lipinski definition) is 1. The van der Waals surface area contributed by atoms with E-state index in [1.165, 1.54) is 0 Å². The predicted octanol–water partition coefficient (Wildman–Crippen LogP) is 3.46. The number of benzene rings is 2. The highest BCUT2D eigenvalue weighted by atomic mass is 16.5. The number of ketones is 1. The quantitative estimate of drug-likeness (QED) is 0.625. The lowest BCUT2D eigenvalue weighted by Crippen LogP contribution is -2.43. The van der Waals surface area contributed by atoms with Crippen LogP contribution in [-0.4, -0.2) is 56.5 Å². The normalized spacial score (nSPS) is 15.3. The van der Waals surface area contributed by atoms with E-state index in [9.17, 15) is 9.59 Å². The van der Waals surface area contributed by atoms with Crippen LogP contribution in [0, 0.1) is 13.8 Å². The number of carbonyl (C=O) groups excluding carboxylic acids is 2. The van der Waals surface area contributed by atoms with Crippen LogP contribution in [0.25, 0.3) is 0 Å². The van der Waals surface area contributed by atoms with E-state index >= 15 is 0 Å². The van der Waals surface area contributed by atoms with Crippen LogP contribution in [0.1, 0.15) is 45.9 Å². The molecule has 0 bridgehead atoms. The Morgan fingerprint density at radius 3 is 2.39 bits per heavy atom. The Balaban J connectivity index is 1.57. The molecule has 0 radical (unpaired) electrons. The van der Waals surface area contributed by atoms with E-state index in [1.807, 2.05) is 56.3 Å². The van der Waals surface area contributed by atoms with Crippen LogP contribution in [0.4, 0.5) is 0 Å². The molecule has 6 heteroatoms. The van der Waals surface area contributed by atoms with Gasteiger partial charge in [0.25, 0.3) is 0 Å². The summed E-state index contributed by atoms with van der Waals surface area (Å²) in [5.41, 5.74) is 4.03. The van der Waals surface area contributed by atoms with Gasteiger partial charge >= 0.3 is 0 Å². The molecule has 3 rings (SSSR count). The van der Waals surface area contributed by atoms with E-state index in [2.05, 4.69) is 10.2 Å². The maximum absolute atomic E-state index is 12.5. The van der Waals surface area contributed by atoms with E-state index in [-0.39, 0.29) is 30.6 Å². The lowest BCUT2D eigenvalue weighted by Gasteiger charge is -2.35. The number of ether oxygens (including phenoxy) is 2. The van der Waals surface area contributed by atoms with Gasteiger partial charge in [-0.3, -0.25) is 14.5 Å². The first-order valence-electron chi connectivity index (χ1n) is 10.8. The second-order valence-corrected chi connectivity index (χ2v) is 7.96. The van der Waals surface area contributed by atoms with Crippen molar-refractivity contribution in [1.29, 1.82) is 0 Å². The highest BCUT2D eigenvalue weighted by molar-refractivity contribution is 5.98. The highest BCUT2D eigenvalue weighted by Gasteiger charge is 2.23. The smallest absolute Gasteiger partial charge is 0.220 e. The molecule has 1 amide bonds. The van der Waals surface area contributed by atoms with E-state index in [0.29, 0.717) is 25.3 Å². The third-order valence-electron chi connectivity index (χ3n) is 5.89. The zero-order valence-corrected chi connectivity index (χ0v) is 18.6. The molecular formula is C25H32N2O4. The van der Waals surface area contributed by atoms with Gasteiger partial charge in [-0.05, 0) is 48.7 Å².